The highest BCUT2D eigenvalue weighted by molar-refractivity contribution is 6.03. The third-order valence-corrected chi connectivity index (χ3v) is 3.53. The molecule has 0 spiro atoms. The van der Waals surface area contributed by atoms with Crippen molar-refractivity contribution in [2.45, 2.75) is 18.8 Å². The van der Waals surface area contributed by atoms with Crippen LogP contribution in [0.2, 0.25) is 0 Å². The second-order valence-corrected chi connectivity index (χ2v) is 4.88. The molecule has 0 radical (unpaired) electrons. The number of anilines is 1. The molecule has 0 saturated carbocycles. The number of hydrogen-bond donors (Lipinski definition) is 1. The summed E-state index contributed by atoms with van der Waals surface area (Å²) in [5.74, 6) is -0.653. The van der Waals surface area contributed by atoms with Crippen molar-refractivity contribution in [2.75, 3.05) is 4.90 Å². The molecule has 4 nitrogen and oxygen atoms in total. The molecule has 2 aromatic rings. The molecule has 1 aromatic heterocycles. The molecule has 2 heterocycles. The van der Waals surface area contributed by atoms with Crippen LogP contribution in [-0.2, 0) is 17.5 Å². The Morgan fingerprint density at radius 3 is 2.64 bits per heavy atom. The SMILES string of the molecule is O=C1C(O)c2ccccc2N1Cc1ncccc1C(F)(F)F. The fourth-order valence-corrected chi connectivity index (χ4v) is 2.50. The number of hydrogen-bond acceptors (Lipinski definition) is 3. The number of carbonyl (C=O) groups is 1. The van der Waals surface area contributed by atoms with Gasteiger partial charge in [0.15, 0.2) is 6.10 Å². The lowest BCUT2D eigenvalue weighted by Crippen LogP contribution is -2.29. The predicted octanol–water partition coefficient (Wildman–Crippen LogP) is 2.68. The van der Waals surface area contributed by atoms with Gasteiger partial charge in [0.05, 0.1) is 23.5 Å². The van der Waals surface area contributed by atoms with Gasteiger partial charge in [0.1, 0.15) is 0 Å². The summed E-state index contributed by atoms with van der Waals surface area (Å²) in [5, 5.41) is 9.89. The number of aliphatic hydroxyl groups is 1. The number of aliphatic hydroxyl groups excluding tert-OH is 1. The van der Waals surface area contributed by atoms with Gasteiger partial charge in [-0.2, -0.15) is 13.2 Å². The quantitative estimate of drug-likeness (QED) is 0.928. The van der Waals surface area contributed by atoms with E-state index in [9.17, 15) is 23.1 Å². The summed E-state index contributed by atoms with van der Waals surface area (Å²) in [6.07, 6.45) is -4.66. The van der Waals surface area contributed by atoms with Crippen molar-refractivity contribution in [3.8, 4) is 0 Å². The Morgan fingerprint density at radius 2 is 1.91 bits per heavy atom. The zero-order valence-corrected chi connectivity index (χ0v) is 11.2. The summed E-state index contributed by atoms with van der Waals surface area (Å²) < 4.78 is 39.0. The van der Waals surface area contributed by atoms with E-state index in [1.54, 1.807) is 24.3 Å². The second-order valence-electron chi connectivity index (χ2n) is 4.88. The second kappa shape index (κ2) is 5.10. The van der Waals surface area contributed by atoms with Crippen LogP contribution >= 0.6 is 0 Å². The van der Waals surface area contributed by atoms with Crippen LogP contribution in [0, 0.1) is 0 Å². The third kappa shape index (κ3) is 2.33. The summed E-state index contributed by atoms with van der Waals surface area (Å²) >= 11 is 0. The van der Waals surface area contributed by atoms with Crippen LogP contribution in [0.25, 0.3) is 0 Å². The highest BCUT2D eigenvalue weighted by Gasteiger charge is 2.39. The molecule has 1 aliphatic rings. The number of nitrogens with zero attached hydrogens (tertiary/aromatic N) is 2. The van der Waals surface area contributed by atoms with Gasteiger partial charge in [-0.15, -0.1) is 0 Å². The van der Waals surface area contributed by atoms with Crippen molar-refractivity contribution >= 4 is 11.6 Å². The molecule has 1 amide bonds. The minimum atomic E-state index is -4.55. The molecule has 7 heteroatoms. The van der Waals surface area contributed by atoms with Crippen molar-refractivity contribution in [1.29, 1.82) is 0 Å². The fourth-order valence-electron chi connectivity index (χ4n) is 2.50. The van der Waals surface area contributed by atoms with Crippen molar-refractivity contribution in [3.63, 3.8) is 0 Å². The number of para-hydroxylation sites is 1. The maximum Gasteiger partial charge on any atom is 0.418 e. The molecular weight excluding hydrogens is 297 g/mol. The Hall–Kier alpha value is -2.41. The van der Waals surface area contributed by atoms with E-state index < -0.39 is 23.8 Å². The van der Waals surface area contributed by atoms with Crippen LogP contribution in [0.15, 0.2) is 42.6 Å². The molecular formula is C15H11F3N2O2. The summed E-state index contributed by atoms with van der Waals surface area (Å²) in [6.45, 7) is -0.345. The Morgan fingerprint density at radius 1 is 1.18 bits per heavy atom. The number of carbonyl (C=O) groups excluding carboxylic acids is 1. The molecule has 0 bridgehead atoms. The number of halogens is 3. The lowest BCUT2D eigenvalue weighted by molar-refractivity contribution is -0.138. The first-order valence-electron chi connectivity index (χ1n) is 6.49. The molecule has 1 aromatic carbocycles. The highest BCUT2D eigenvalue weighted by atomic mass is 19.4. The molecule has 1 N–H and O–H groups in total. The van der Waals surface area contributed by atoms with E-state index in [0.29, 0.717) is 11.3 Å². The Balaban J connectivity index is 2.00. The van der Waals surface area contributed by atoms with Crippen molar-refractivity contribution in [1.82, 2.24) is 4.98 Å². The van der Waals surface area contributed by atoms with Gasteiger partial charge in [-0.25, -0.2) is 0 Å². The van der Waals surface area contributed by atoms with E-state index in [-0.39, 0.29) is 12.2 Å². The first-order valence-corrected chi connectivity index (χ1v) is 6.49. The van der Waals surface area contributed by atoms with Crippen LogP contribution < -0.4 is 4.90 Å². The molecule has 3 rings (SSSR count). The van der Waals surface area contributed by atoms with E-state index in [1.165, 1.54) is 12.3 Å². The monoisotopic (exact) mass is 308 g/mol. The number of alkyl halides is 3. The molecule has 1 aliphatic heterocycles. The van der Waals surface area contributed by atoms with Gasteiger partial charge in [-0.05, 0) is 18.2 Å². The summed E-state index contributed by atoms with van der Waals surface area (Å²) in [6, 6.07) is 8.58. The van der Waals surface area contributed by atoms with Gasteiger partial charge in [0.2, 0.25) is 0 Å². The van der Waals surface area contributed by atoms with E-state index >= 15 is 0 Å². The molecule has 22 heavy (non-hydrogen) atoms. The summed E-state index contributed by atoms with van der Waals surface area (Å²) in [7, 11) is 0. The molecule has 1 unspecified atom stereocenters. The molecule has 1 atom stereocenters. The maximum absolute atomic E-state index is 13.0. The van der Waals surface area contributed by atoms with Crippen LogP contribution in [0.3, 0.4) is 0 Å². The van der Waals surface area contributed by atoms with E-state index in [2.05, 4.69) is 4.98 Å². The highest BCUT2D eigenvalue weighted by Crippen LogP contribution is 2.38. The largest absolute Gasteiger partial charge is 0.418 e. The summed E-state index contributed by atoms with van der Waals surface area (Å²) in [4.78, 5) is 17.0. The summed E-state index contributed by atoms with van der Waals surface area (Å²) in [5.41, 5.74) is -0.357. The first-order chi connectivity index (χ1) is 10.4. The lowest BCUT2D eigenvalue weighted by atomic mass is 10.1. The number of pyridine rings is 1. The molecule has 0 saturated heterocycles. The van der Waals surface area contributed by atoms with E-state index in [1.807, 2.05) is 0 Å². The van der Waals surface area contributed by atoms with Crippen molar-refractivity contribution in [2.24, 2.45) is 0 Å². The van der Waals surface area contributed by atoms with Gasteiger partial charge < -0.3 is 10.0 Å². The maximum atomic E-state index is 13.0. The van der Waals surface area contributed by atoms with Gasteiger partial charge in [0.25, 0.3) is 5.91 Å². The third-order valence-electron chi connectivity index (χ3n) is 3.53. The van der Waals surface area contributed by atoms with E-state index in [0.717, 1.165) is 11.0 Å². The zero-order valence-electron chi connectivity index (χ0n) is 11.2. The molecule has 0 aliphatic carbocycles. The van der Waals surface area contributed by atoms with Crippen LogP contribution in [0.4, 0.5) is 18.9 Å². The van der Waals surface area contributed by atoms with Gasteiger partial charge >= 0.3 is 6.18 Å². The molecule has 114 valence electrons. The predicted molar refractivity (Wildman–Crippen MR) is 71.8 cm³/mol. The van der Waals surface area contributed by atoms with E-state index in [4.69, 9.17) is 0 Å². The Bertz CT molecular complexity index is 731. The first kappa shape index (κ1) is 14.5. The topological polar surface area (TPSA) is 53.4 Å². The average Bonchev–Trinajstić information content (AvgIpc) is 2.72. The Labute approximate surface area is 123 Å². The zero-order chi connectivity index (χ0) is 15.9. The average molecular weight is 308 g/mol. The van der Waals surface area contributed by atoms with Crippen LogP contribution in [0.5, 0.6) is 0 Å². The normalized spacial score (nSPS) is 17.7. The van der Waals surface area contributed by atoms with Crippen LogP contribution in [-0.4, -0.2) is 16.0 Å². The van der Waals surface area contributed by atoms with Gasteiger partial charge in [0, 0.05) is 11.8 Å². The number of benzene rings is 1. The standard InChI is InChI=1S/C15H11F3N2O2/c16-15(17,18)10-5-3-7-19-11(10)8-20-12-6-2-1-4-9(12)13(21)14(20)22/h1-7,13,21H,8H2. The van der Waals surface area contributed by atoms with Crippen molar-refractivity contribution in [3.05, 3.63) is 59.4 Å². The smallest absolute Gasteiger partial charge is 0.378 e. The van der Waals surface area contributed by atoms with Gasteiger partial charge in [-0.1, -0.05) is 18.2 Å². The number of amides is 1. The fraction of sp³-hybridized carbons (Fsp3) is 0.200. The lowest BCUT2D eigenvalue weighted by Gasteiger charge is -2.19. The number of aromatic nitrogens is 1. The molecule has 0 fully saturated rings. The van der Waals surface area contributed by atoms with Crippen molar-refractivity contribution < 1.29 is 23.1 Å². The van der Waals surface area contributed by atoms with Crippen LogP contribution in [0.1, 0.15) is 22.9 Å². The minimum Gasteiger partial charge on any atom is -0.378 e. The number of rotatable bonds is 2. The number of fused-ring (bicyclic) bond motifs is 1. The van der Waals surface area contributed by atoms with Gasteiger partial charge in [-0.3, -0.25) is 9.78 Å². The Kier molecular flexibility index (Phi) is 3.37. The minimum absolute atomic E-state index is 0.257.